The number of hydrogen-bond acceptors (Lipinski definition) is 2. The molecule has 0 fully saturated rings. The van der Waals surface area contributed by atoms with E-state index < -0.39 is 8.15 Å². The third kappa shape index (κ3) is 4.83. The second-order valence-electron chi connectivity index (χ2n) is 3.66. The summed E-state index contributed by atoms with van der Waals surface area (Å²) < 4.78 is 5.29. The van der Waals surface area contributed by atoms with Crippen molar-refractivity contribution in [2.75, 3.05) is 18.7 Å². The Morgan fingerprint density at radius 2 is 2.08 bits per heavy atom. The van der Waals surface area contributed by atoms with Gasteiger partial charge < -0.3 is 4.52 Å². The fourth-order valence-corrected chi connectivity index (χ4v) is 2.15. The van der Waals surface area contributed by atoms with Crippen molar-refractivity contribution in [3.8, 4) is 0 Å². The van der Waals surface area contributed by atoms with Gasteiger partial charge in [-0.25, -0.2) is 0 Å². The Kier molecular flexibility index (Phi) is 5.91. The summed E-state index contributed by atoms with van der Waals surface area (Å²) in [6, 6.07) is 0. The van der Waals surface area contributed by atoms with Gasteiger partial charge in [0, 0.05) is 12.0 Å². The highest BCUT2D eigenvalue weighted by Crippen LogP contribution is 2.36. The zero-order chi connectivity index (χ0) is 10.5. The van der Waals surface area contributed by atoms with Gasteiger partial charge >= 0.3 is 5.97 Å². The van der Waals surface area contributed by atoms with Crippen molar-refractivity contribution < 1.29 is 9.32 Å². The average Bonchev–Trinajstić information content (AvgIpc) is 2.04. The predicted octanol–water partition coefficient (Wildman–Crippen LogP) is 3.23. The minimum atomic E-state index is -0.672. The first-order valence-corrected chi connectivity index (χ1v) is 6.86. The summed E-state index contributed by atoms with van der Waals surface area (Å²) in [4.78, 5) is 11.5. The maximum atomic E-state index is 11.5. The van der Waals surface area contributed by atoms with Crippen LogP contribution in [0.1, 0.15) is 27.2 Å². The zero-order valence-corrected chi connectivity index (χ0v) is 10.4. The minimum Gasteiger partial charge on any atom is -0.445 e. The molecule has 0 aromatic heterocycles. The fourth-order valence-electron chi connectivity index (χ4n) is 0.574. The summed E-state index contributed by atoms with van der Waals surface area (Å²) >= 11 is 5.55. The monoisotopic (exact) mass is 224 g/mol. The van der Waals surface area contributed by atoms with Crippen LogP contribution in [0.25, 0.3) is 0 Å². The molecule has 0 rings (SSSR count). The first kappa shape index (κ1) is 13.2. The van der Waals surface area contributed by atoms with Gasteiger partial charge in [0.25, 0.3) is 0 Å². The highest BCUT2D eigenvalue weighted by molar-refractivity contribution is 7.52. The fraction of sp³-hybridized carbons (Fsp3) is 0.889. The molecular weight excluding hydrogens is 207 g/mol. The standard InChI is InChI=1S/C9H18ClO2P/c1-5-9(2,3)8(11)12-13(4)7-6-10/h5-7H2,1-4H3. The molecule has 1 atom stereocenters. The van der Waals surface area contributed by atoms with Gasteiger partial charge in [-0.3, -0.25) is 4.79 Å². The van der Waals surface area contributed by atoms with Gasteiger partial charge in [-0.2, -0.15) is 0 Å². The van der Waals surface area contributed by atoms with Crippen molar-refractivity contribution in [2.45, 2.75) is 27.2 Å². The summed E-state index contributed by atoms with van der Waals surface area (Å²) in [5.74, 6) is 0.455. The maximum absolute atomic E-state index is 11.5. The molecule has 13 heavy (non-hydrogen) atoms. The van der Waals surface area contributed by atoms with Crippen LogP contribution >= 0.6 is 19.7 Å². The largest absolute Gasteiger partial charge is 0.445 e. The molecule has 0 aromatic rings. The molecule has 2 nitrogen and oxygen atoms in total. The zero-order valence-electron chi connectivity index (χ0n) is 8.76. The van der Waals surface area contributed by atoms with Gasteiger partial charge in [0.1, 0.15) is 0 Å². The molecule has 0 aromatic carbocycles. The van der Waals surface area contributed by atoms with Crippen molar-refractivity contribution in [1.29, 1.82) is 0 Å². The van der Waals surface area contributed by atoms with E-state index >= 15 is 0 Å². The third-order valence-electron chi connectivity index (χ3n) is 2.07. The lowest BCUT2D eigenvalue weighted by molar-refractivity contribution is -0.143. The smallest absolute Gasteiger partial charge is 0.314 e. The Bertz CT molecular complexity index is 171. The molecule has 0 radical (unpaired) electrons. The van der Waals surface area contributed by atoms with E-state index in [2.05, 4.69) is 0 Å². The van der Waals surface area contributed by atoms with Crippen molar-refractivity contribution in [3.63, 3.8) is 0 Å². The van der Waals surface area contributed by atoms with Crippen LogP contribution in [0.5, 0.6) is 0 Å². The van der Waals surface area contributed by atoms with Crippen LogP contribution in [-0.2, 0) is 9.32 Å². The average molecular weight is 225 g/mol. The van der Waals surface area contributed by atoms with Crippen molar-refractivity contribution >= 4 is 25.7 Å². The lowest BCUT2D eigenvalue weighted by atomic mass is 9.91. The van der Waals surface area contributed by atoms with Crippen molar-refractivity contribution in [3.05, 3.63) is 0 Å². The summed E-state index contributed by atoms with van der Waals surface area (Å²) in [5, 5.41) is 0. The number of carbonyl (C=O) groups is 1. The van der Waals surface area contributed by atoms with E-state index in [9.17, 15) is 4.79 Å². The molecule has 0 aliphatic rings. The number of halogens is 1. The van der Waals surface area contributed by atoms with Gasteiger partial charge in [0.05, 0.1) is 13.6 Å². The number of rotatable bonds is 5. The molecule has 78 valence electrons. The summed E-state index contributed by atoms with van der Waals surface area (Å²) in [7, 11) is -0.672. The number of hydrogen-bond donors (Lipinski definition) is 0. The van der Waals surface area contributed by atoms with Crippen LogP contribution in [0.4, 0.5) is 0 Å². The van der Waals surface area contributed by atoms with Crippen LogP contribution in [-0.4, -0.2) is 24.7 Å². The van der Waals surface area contributed by atoms with Crippen LogP contribution in [0.3, 0.4) is 0 Å². The van der Waals surface area contributed by atoms with Crippen LogP contribution in [0.15, 0.2) is 0 Å². The second kappa shape index (κ2) is 5.82. The molecule has 1 unspecified atom stereocenters. The molecule has 0 aliphatic heterocycles. The molecule has 0 N–H and O–H groups in total. The van der Waals surface area contributed by atoms with Crippen molar-refractivity contribution in [2.24, 2.45) is 5.41 Å². The Labute approximate surface area is 86.8 Å². The Morgan fingerprint density at radius 3 is 2.46 bits per heavy atom. The summed E-state index contributed by atoms with van der Waals surface area (Å²) in [5.41, 5.74) is -0.358. The van der Waals surface area contributed by atoms with E-state index in [4.69, 9.17) is 16.1 Å². The molecular formula is C9H18ClO2P. The van der Waals surface area contributed by atoms with Gasteiger partial charge in [0.2, 0.25) is 0 Å². The molecule has 0 spiro atoms. The van der Waals surface area contributed by atoms with E-state index in [0.717, 1.165) is 12.6 Å². The molecule has 0 saturated carbocycles. The van der Waals surface area contributed by atoms with Crippen molar-refractivity contribution in [1.82, 2.24) is 0 Å². The van der Waals surface area contributed by atoms with Crippen LogP contribution in [0.2, 0.25) is 0 Å². The van der Waals surface area contributed by atoms with Gasteiger partial charge in [0.15, 0.2) is 0 Å². The molecule has 0 amide bonds. The van der Waals surface area contributed by atoms with Gasteiger partial charge in [-0.05, 0) is 26.9 Å². The van der Waals surface area contributed by atoms with E-state index in [1.165, 1.54) is 0 Å². The third-order valence-corrected chi connectivity index (χ3v) is 3.86. The van der Waals surface area contributed by atoms with Crippen LogP contribution in [0, 0.1) is 5.41 Å². The molecule has 4 heteroatoms. The van der Waals surface area contributed by atoms with E-state index in [1.54, 1.807) is 0 Å². The summed E-state index contributed by atoms with van der Waals surface area (Å²) in [6.45, 7) is 7.72. The normalized spacial score (nSPS) is 13.9. The molecule has 0 bridgehead atoms. The highest BCUT2D eigenvalue weighted by atomic mass is 35.5. The molecule has 0 heterocycles. The molecule has 0 saturated heterocycles. The van der Waals surface area contributed by atoms with E-state index in [1.807, 2.05) is 27.4 Å². The van der Waals surface area contributed by atoms with Crippen LogP contribution < -0.4 is 0 Å². The Hall–Kier alpha value is 0.190. The lowest BCUT2D eigenvalue weighted by Crippen LogP contribution is -2.24. The Morgan fingerprint density at radius 1 is 1.54 bits per heavy atom. The van der Waals surface area contributed by atoms with Gasteiger partial charge in [-0.15, -0.1) is 11.6 Å². The minimum absolute atomic E-state index is 0.103. The predicted molar refractivity (Wildman–Crippen MR) is 58.6 cm³/mol. The quantitative estimate of drug-likeness (QED) is 0.529. The first-order valence-electron chi connectivity index (χ1n) is 4.43. The van der Waals surface area contributed by atoms with E-state index in [0.29, 0.717) is 5.88 Å². The lowest BCUT2D eigenvalue weighted by Gasteiger charge is -2.22. The number of alkyl halides is 1. The maximum Gasteiger partial charge on any atom is 0.314 e. The SMILES string of the molecule is CCC(C)(C)C(=O)OP(C)CCCl. The van der Waals surface area contributed by atoms with Gasteiger partial charge in [-0.1, -0.05) is 6.92 Å². The topological polar surface area (TPSA) is 26.3 Å². The molecule has 0 aliphatic carbocycles. The number of carbonyl (C=O) groups excluding carboxylic acids is 1. The second-order valence-corrected chi connectivity index (χ2v) is 5.92. The highest BCUT2D eigenvalue weighted by Gasteiger charge is 2.28. The first-order chi connectivity index (χ1) is 5.94. The Balaban J connectivity index is 3.99. The van der Waals surface area contributed by atoms with E-state index in [-0.39, 0.29) is 11.4 Å². The summed E-state index contributed by atoms with van der Waals surface area (Å²) in [6.07, 6.45) is 1.58.